The summed E-state index contributed by atoms with van der Waals surface area (Å²) in [5, 5.41) is 0. The molecular formula is C24H48ClNO. The van der Waals surface area contributed by atoms with Gasteiger partial charge in [0.2, 0.25) is 0 Å². The molecule has 0 N–H and O–H groups in total. The molecule has 0 saturated heterocycles. The second-order valence-corrected chi connectivity index (χ2v) is 7.82. The molecule has 0 heterocycles. The van der Waals surface area contributed by atoms with Crippen molar-refractivity contribution in [2.75, 3.05) is 19.6 Å². The van der Waals surface area contributed by atoms with Crippen LogP contribution in [0.2, 0.25) is 0 Å². The Labute approximate surface area is 177 Å². The number of nitrogens with zero attached hydrogens (tertiary/aromatic N) is 1. The molecule has 0 spiro atoms. The molecule has 3 heteroatoms. The van der Waals surface area contributed by atoms with Gasteiger partial charge in [0, 0.05) is 0 Å². The molecule has 0 unspecified atom stereocenters. The van der Waals surface area contributed by atoms with Crippen LogP contribution in [0.5, 0.6) is 0 Å². The first-order chi connectivity index (χ1) is 12.7. The van der Waals surface area contributed by atoms with Crippen molar-refractivity contribution < 1.29 is 21.7 Å². The fourth-order valence-corrected chi connectivity index (χ4v) is 3.78. The van der Waals surface area contributed by atoms with Crippen LogP contribution in [0.25, 0.3) is 0 Å². The van der Waals surface area contributed by atoms with Crippen LogP contribution in [0.4, 0.5) is 0 Å². The van der Waals surface area contributed by atoms with Crippen LogP contribution in [0.1, 0.15) is 118 Å². The minimum atomic E-state index is 0. The molecule has 0 aromatic carbocycles. The molecule has 0 aromatic heterocycles. The van der Waals surface area contributed by atoms with Crippen LogP contribution < -0.4 is 12.4 Å². The zero-order valence-electron chi connectivity index (χ0n) is 18.9. The van der Waals surface area contributed by atoms with E-state index in [2.05, 4.69) is 39.8 Å². The zero-order valence-corrected chi connectivity index (χ0v) is 19.7. The van der Waals surface area contributed by atoms with Crippen LogP contribution in [0, 0.1) is 0 Å². The van der Waals surface area contributed by atoms with E-state index in [1.165, 1.54) is 77.0 Å². The highest BCUT2D eigenvalue weighted by molar-refractivity contribution is 5.68. The minimum absolute atomic E-state index is 0. The van der Waals surface area contributed by atoms with Crippen molar-refractivity contribution in [3.8, 4) is 0 Å². The minimum Gasteiger partial charge on any atom is -1.00 e. The highest BCUT2D eigenvalue weighted by Crippen LogP contribution is 2.14. The normalized spacial score (nSPS) is 11.7. The average molecular weight is 402 g/mol. The van der Waals surface area contributed by atoms with Gasteiger partial charge in [0.15, 0.2) is 0 Å². The first-order valence-electron chi connectivity index (χ1n) is 11.7. The summed E-state index contributed by atoms with van der Waals surface area (Å²) in [5.41, 5.74) is 0. The fourth-order valence-electron chi connectivity index (χ4n) is 3.78. The molecular weight excluding hydrogens is 354 g/mol. The largest absolute Gasteiger partial charge is 1.00 e. The number of amides is 1. The summed E-state index contributed by atoms with van der Waals surface area (Å²) in [6, 6.07) is 0. The van der Waals surface area contributed by atoms with Crippen molar-refractivity contribution in [1.29, 1.82) is 0 Å². The Morgan fingerprint density at radius 3 is 1.48 bits per heavy atom. The van der Waals surface area contributed by atoms with Gasteiger partial charge in [0.25, 0.3) is 0 Å². The molecule has 162 valence electrons. The van der Waals surface area contributed by atoms with Crippen LogP contribution in [0.3, 0.4) is 0 Å². The molecule has 0 atom stereocenters. The molecule has 0 aliphatic rings. The molecule has 1 amide bonds. The quantitative estimate of drug-likeness (QED) is 0.188. The molecule has 27 heavy (non-hydrogen) atoms. The number of quaternary nitrogens is 1. The number of hydrogen-bond donors (Lipinski definition) is 0. The Bertz CT molecular complexity index is 342. The molecule has 0 radical (unpaired) electrons. The number of rotatable bonds is 18. The molecule has 0 rings (SSSR count). The van der Waals surface area contributed by atoms with Gasteiger partial charge < -0.3 is 12.4 Å². The van der Waals surface area contributed by atoms with Crippen molar-refractivity contribution in [2.45, 2.75) is 118 Å². The summed E-state index contributed by atoms with van der Waals surface area (Å²) in [6.45, 7) is 11.5. The monoisotopic (exact) mass is 401 g/mol. The SMILES string of the molecule is CCCCCCCCC=CCCCCCCCC(=O)[N+](CC)(CC)CC.[Cl-]. The van der Waals surface area contributed by atoms with Gasteiger partial charge in [-0.3, -0.25) is 4.48 Å². The molecule has 0 aromatic rings. The Morgan fingerprint density at radius 2 is 1.04 bits per heavy atom. The lowest BCUT2D eigenvalue weighted by Crippen LogP contribution is -3.00. The third kappa shape index (κ3) is 14.3. The smallest absolute Gasteiger partial charge is 0.313 e. The van der Waals surface area contributed by atoms with Crippen LogP contribution in [-0.2, 0) is 4.79 Å². The Hall–Kier alpha value is -0.340. The number of carbonyl (C=O) groups excluding carboxylic acids is 1. The average Bonchev–Trinajstić information content (AvgIpc) is 2.66. The van der Waals surface area contributed by atoms with Gasteiger partial charge in [0.05, 0.1) is 26.1 Å². The second kappa shape index (κ2) is 20.4. The van der Waals surface area contributed by atoms with E-state index in [0.717, 1.165) is 32.5 Å². The van der Waals surface area contributed by atoms with E-state index in [4.69, 9.17) is 0 Å². The number of hydrogen-bond acceptors (Lipinski definition) is 1. The van der Waals surface area contributed by atoms with Gasteiger partial charge in [-0.1, -0.05) is 70.4 Å². The van der Waals surface area contributed by atoms with E-state index >= 15 is 0 Å². The van der Waals surface area contributed by atoms with Crippen molar-refractivity contribution in [3.63, 3.8) is 0 Å². The maximum Gasteiger partial charge on any atom is 0.313 e. The first-order valence-corrected chi connectivity index (χ1v) is 11.7. The van der Waals surface area contributed by atoms with E-state index in [9.17, 15) is 4.79 Å². The van der Waals surface area contributed by atoms with Crippen molar-refractivity contribution in [3.05, 3.63) is 12.2 Å². The van der Waals surface area contributed by atoms with Crippen molar-refractivity contribution in [1.82, 2.24) is 0 Å². The molecule has 0 saturated carbocycles. The van der Waals surface area contributed by atoms with Crippen molar-refractivity contribution >= 4 is 5.91 Å². The maximum atomic E-state index is 12.5. The molecule has 0 bridgehead atoms. The van der Waals surface area contributed by atoms with E-state index in [1.807, 2.05) is 0 Å². The lowest BCUT2D eigenvalue weighted by Gasteiger charge is -2.32. The highest BCUT2D eigenvalue weighted by atomic mass is 35.5. The molecule has 0 aliphatic carbocycles. The molecule has 2 nitrogen and oxygen atoms in total. The van der Waals surface area contributed by atoms with E-state index in [1.54, 1.807) is 0 Å². The van der Waals surface area contributed by atoms with Crippen LogP contribution in [-0.4, -0.2) is 30.0 Å². The highest BCUT2D eigenvalue weighted by Gasteiger charge is 2.29. The van der Waals surface area contributed by atoms with Gasteiger partial charge in [-0.2, -0.15) is 0 Å². The van der Waals surface area contributed by atoms with Gasteiger partial charge >= 0.3 is 5.91 Å². The summed E-state index contributed by atoms with van der Waals surface area (Å²) in [6.07, 6.45) is 22.6. The summed E-state index contributed by atoms with van der Waals surface area (Å²) in [7, 11) is 0. The van der Waals surface area contributed by atoms with E-state index in [0.29, 0.717) is 10.4 Å². The first kappa shape index (κ1) is 28.9. The summed E-state index contributed by atoms with van der Waals surface area (Å²) < 4.78 is 0.670. The van der Waals surface area contributed by atoms with Crippen LogP contribution in [0.15, 0.2) is 12.2 Å². The topological polar surface area (TPSA) is 17.1 Å². The Kier molecular flexibility index (Phi) is 21.8. The second-order valence-electron chi connectivity index (χ2n) is 7.82. The van der Waals surface area contributed by atoms with Crippen LogP contribution >= 0.6 is 0 Å². The predicted molar refractivity (Wildman–Crippen MR) is 116 cm³/mol. The summed E-state index contributed by atoms with van der Waals surface area (Å²) in [4.78, 5) is 12.5. The standard InChI is InChI=1S/C24H48NO.ClH/c1-5-9-10-11-12-13-14-15-16-17-18-19-20-21-22-23-24(26)25(6-2,7-3)8-4;/h15-16H,5-14,17-23H2,1-4H3;1H/q+1;/p-1. The number of unbranched alkanes of at least 4 members (excludes halogenated alkanes) is 11. The van der Waals surface area contributed by atoms with E-state index < -0.39 is 0 Å². The van der Waals surface area contributed by atoms with Gasteiger partial charge in [-0.05, 0) is 52.9 Å². The van der Waals surface area contributed by atoms with Gasteiger partial charge in [-0.25, -0.2) is 4.79 Å². The van der Waals surface area contributed by atoms with Crippen molar-refractivity contribution in [2.24, 2.45) is 0 Å². The predicted octanol–water partition coefficient (Wildman–Crippen LogP) is 4.43. The number of allylic oxidation sites excluding steroid dienone is 2. The molecule has 0 aliphatic heterocycles. The van der Waals surface area contributed by atoms with E-state index in [-0.39, 0.29) is 12.4 Å². The lowest BCUT2D eigenvalue weighted by molar-refractivity contribution is -0.849. The fraction of sp³-hybridized carbons (Fsp3) is 0.875. The third-order valence-electron chi connectivity index (χ3n) is 6.00. The number of carbonyl (C=O) groups is 1. The third-order valence-corrected chi connectivity index (χ3v) is 6.00. The lowest BCUT2D eigenvalue weighted by atomic mass is 10.1. The summed E-state index contributed by atoms with van der Waals surface area (Å²) >= 11 is 0. The summed E-state index contributed by atoms with van der Waals surface area (Å²) in [5.74, 6) is 0.454. The van der Waals surface area contributed by atoms with Gasteiger partial charge in [-0.15, -0.1) is 0 Å². The molecule has 0 fully saturated rings. The Morgan fingerprint density at radius 1 is 0.630 bits per heavy atom. The maximum absolute atomic E-state index is 12.5. The zero-order chi connectivity index (χ0) is 19.5. The number of halogens is 1. The van der Waals surface area contributed by atoms with Gasteiger partial charge in [0.1, 0.15) is 0 Å². The Balaban J connectivity index is 0.